The van der Waals surface area contributed by atoms with Gasteiger partial charge in [-0.25, -0.2) is 4.98 Å². The molecule has 0 amide bonds. The molecule has 0 unspecified atom stereocenters. The summed E-state index contributed by atoms with van der Waals surface area (Å²) >= 11 is 0. The van der Waals surface area contributed by atoms with Gasteiger partial charge in [-0.1, -0.05) is 29.8 Å². The Kier molecular flexibility index (Phi) is 2.94. The highest BCUT2D eigenvalue weighted by atomic mass is 15.1. The Bertz CT molecular complexity index is 549. The van der Waals surface area contributed by atoms with E-state index >= 15 is 0 Å². The normalized spacial score (nSPS) is 14.6. The van der Waals surface area contributed by atoms with Crippen LogP contribution in [-0.2, 0) is 19.4 Å². The minimum absolute atomic E-state index is 0.967. The lowest BCUT2D eigenvalue weighted by Crippen LogP contribution is -2.10. The van der Waals surface area contributed by atoms with E-state index in [0.717, 1.165) is 13.0 Å². The highest BCUT2D eigenvalue weighted by molar-refractivity contribution is 5.25. The molecule has 94 valence electrons. The van der Waals surface area contributed by atoms with Gasteiger partial charge in [0, 0.05) is 12.2 Å². The Morgan fingerprint density at radius 1 is 1.06 bits per heavy atom. The maximum Gasteiger partial charge on any atom is 0.106 e. The summed E-state index contributed by atoms with van der Waals surface area (Å²) in [6, 6.07) is 8.83. The zero-order chi connectivity index (χ0) is 12.5. The van der Waals surface area contributed by atoms with Gasteiger partial charge >= 0.3 is 0 Å². The lowest BCUT2D eigenvalue weighted by Gasteiger charge is -2.15. The van der Waals surface area contributed by atoms with E-state index in [0.29, 0.717) is 0 Å². The summed E-state index contributed by atoms with van der Waals surface area (Å²) in [7, 11) is 0. The average Bonchev–Trinajstić information content (AvgIpc) is 2.69. The van der Waals surface area contributed by atoms with Crippen LogP contribution in [0.2, 0.25) is 0 Å². The van der Waals surface area contributed by atoms with Crippen molar-refractivity contribution in [3.63, 3.8) is 0 Å². The molecule has 2 nitrogen and oxygen atoms in total. The maximum absolute atomic E-state index is 4.73. The van der Waals surface area contributed by atoms with Gasteiger partial charge in [-0.3, -0.25) is 0 Å². The van der Waals surface area contributed by atoms with E-state index < -0.39 is 0 Å². The fourth-order valence-electron chi connectivity index (χ4n) is 2.82. The van der Waals surface area contributed by atoms with Gasteiger partial charge in [0.2, 0.25) is 0 Å². The Labute approximate surface area is 109 Å². The first-order valence-electron chi connectivity index (χ1n) is 6.84. The molecule has 0 saturated heterocycles. The van der Waals surface area contributed by atoms with Crippen LogP contribution in [-0.4, -0.2) is 9.55 Å². The molecule has 0 N–H and O–H groups in total. The Balaban J connectivity index is 1.92. The first-order chi connectivity index (χ1) is 8.74. The number of aromatic nitrogens is 2. The standard InChI is InChI=1S/C16H20N2/c1-12-7-9-14(10-8-12)11-18-13(2)17-15-5-3-4-6-16(15)18/h7-10H,3-6,11H2,1-2H3. The topological polar surface area (TPSA) is 17.8 Å². The van der Waals surface area contributed by atoms with Crippen LogP contribution in [0.1, 0.15) is 41.2 Å². The molecule has 0 fully saturated rings. The quantitative estimate of drug-likeness (QED) is 0.786. The number of hydrogen-bond donors (Lipinski definition) is 0. The van der Waals surface area contributed by atoms with E-state index in [9.17, 15) is 0 Å². The third-order valence-electron chi connectivity index (χ3n) is 3.88. The fraction of sp³-hybridized carbons (Fsp3) is 0.438. The lowest BCUT2D eigenvalue weighted by molar-refractivity contribution is 0.624. The van der Waals surface area contributed by atoms with Gasteiger partial charge in [-0.15, -0.1) is 0 Å². The van der Waals surface area contributed by atoms with Crippen LogP contribution in [0.5, 0.6) is 0 Å². The van der Waals surface area contributed by atoms with Crippen molar-refractivity contribution >= 4 is 0 Å². The highest BCUT2D eigenvalue weighted by Crippen LogP contribution is 2.23. The molecule has 1 aromatic carbocycles. The monoisotopic (exact) mass is 240 g/mol. The minimum Gasteiger partial charge on any atom is -0.328 e. The molecule has 0 atom stereocenters. The molecule has 1 aromatic heterocycles. The molecular formula is C16H20N2. The van der Waals surface area contributed by atoms with Crippen LogP contribution in [0.25, 0.3) is 0 Å². The average molecular weight is 240 g/mol. The van der Waals surface area contributed by atoms with Crippen molar-refractivity contribution < 1.29 is 0 Å². The smallest absolute Gasteiger partial charge is 0.106 e. The van der Waals surface area contributed by atoms with Crippen LogP contribution < -0.4 is 0 Å². The van der Waals surface area contributed by atoms with Gasteiger partial charge in [0.25, 0.3) is 0 Å². The van der Waals surface area contributed by atoms with Crippen LogP contribution >= 0.6 is 0 Å². The van der Waals surface area contributed by atoms with E-state index in [-0.39, 0.29) is 0 Å². The van der Waals surface area contributed by atoms with Gasteiger partial charge < -0.3 is 4.57 Å². The number of hydrogen-bond acceptors (Lipinski definition) is 1. The third-order valence-corrected chi connectivity index (χ3v) is 3.88. The molecule has 0 spiro atoms. The molecule has 0 aliphatic heterocycles. The van der Waals surface area contributed by atoms with Crippen molar-refractivity contribution in [2.45, 2.75) is 46.1 Å². The van der Waals surface area contributed by atoms with E-state index in [1.807, 2.05) is 0 Å². The van der Waals surface area contributed by atoms with Crippen molar-refractivity contribution in [3.05, 3.63) is 52.6 Å². The van der Waals surface area contributed by atoms with Crippen LogP contribution in [0.4, 0.5) is 0 Å². The summed E-state index contributed by atoms with van der Waals surface area (Å²) in [5.41, 5.74) is 5.50. The molecule has 1 aliphatic rings. The van der Waals surface area contributed by atoms with E-state index in [1.54, 1.807) is 0 Å². The number of imidazole rings is 1. The molecule has 2 heteroatoms. The second-order valence-corrected chi connectivity index (χ2v) is 5.33. The predicted octanol–water partition coefficient (Wildman–Crippen LogP) is 3.43. The van der Waals surface area contributed by atoms with E-state index in [4.69, 9.17) is 4.98 Å². The van der Waals surface area contributed by atoms with Crippen molar-refractivity contribution in [1.82, 2.24) is 9.55 Å². The third kappa shape index (κ3) is 2.07. The second-order valence-electron chi connectivity index (χ2n) is 5.33. The molecule has 18 heavy (non-hydrogen) atoms. The van der Waals surface area contributed by atoms with Crippen molar-refractivity contribution in [3.8, 4) is 0 Å². The zero-order valence-electron chi connectivity index (χ0n) is 11.2. The number of benzene rings is 1. The summed E-state index contributed by atoms with van der Waals surface area (Å²) in [5, 5.41) is 0. The fourth-order valence-corrected chi connectivity index (χ4v) is 2.82. The predicted molar refractivity (Wildman–Crippen MR) is 73.9 cm³/mol. The molecule has 0 bridgehead atoms. The van der Waals surface area contributed by atoms with E-state index in [1.165, 1.54) is 47.6 Å². The summed E-state index contributed by atoms with van der Waals surface area (Å²) in [5.74, 6) is 1.17. The van der Waals surface area contributed by atoms with Crippen LogP contribution in [0.3, 0.4) is 0 Å². The van der Waals surface area contributed by atoms with Gasteiger partial charge in [0.05, 0.1) is 5.69 Å². The van der Waals surface area contributed by atoms with E-state index in [2.05, 4.69) is 42.7 Å². The zero-order valence-corrected chi connectivity index (χ0v) is 11.2. The molecule has 1 aliphatic carbocycles. The Morgan fingerprint density at radius 2 is 1.78 bits per heavy atom. The van der Waals surface area contributed by atoms with Gasteiger partial charge in [-0.2, -0.15) is 0 Å². The minimum atomic E-state index is 0.967. The SMILES string of the molecule is Cc1ccc(Cn2c(C)nc3c2CCCC3)cc1. The molecule has 0 saturated carbocycles. The van der Waals surface area contributed by atoms with Crippen molar-refractivity contribution in [2.75, 3.05) is 0 Å². The molecule has 3 rings (SSSR count). The molecule has 2 aromatic rings. The number of aryl methyl sites for hydroxylation is 3. The first kappa shape index (κ1) is 11.5. The summed E-state index contributed by atoms with van der Waals surface area (Å²) < 4.78 is 2.40. The van der Waals surface area contributed by atoms with Crippen molar-refractivity contribution in [1.29, 1.82) is 0 Å². The summed E-state index contributed by atoms with van der Waals surface area (Å²) in [4.78, 5) is 4.73. The van der Waals surface area contributed by atoms with Gasteiger partial charge in [0.15, 0.2) is 0 Å². The maximum atomic E-state index is 4.73. The van der Waals surface area contributed by atoms with Crippen molar-refractivity contribution in [2.24, 2.45) is 0 Å². The number of rotatable bonds is 2. The number of nitrogens with zero attached hydrogens (tertiary/aromatic N) is 2. The van der Waals surface area contributed by atoms with Gasteiger partial charge in [0.1, 0.15) is 5.82 Å². The van der Waals surface area contributed by atoms with Crippen LogP contribution in [0.15, 0.2) is 24.3 Å². The largest absolute Gasteiger partial charge is 0.328 e. The Hall–Kier alpha value is -1.57. The summed E-state index contributed by atoms with van der Waals surface area (Å²) in [6.07, 6.45) is 4.97. The Morgan fingerprint density at radius 3 is 2.56 bits per heavy atom. The molecule has 0 radical (unpaired) electrons. The lowest BCUT2D eigenvalue weighted by atomic mass is 10.0. The molecule has 1 heterocycles. The van der Waals surface area contributed by atoms with Crippen LogP contribution in [0, 0.1) is 13.8 Å². The molecular weight excluding hydrogens is 220 g/mol. The first-order valence-corrected chi connectivity index (χ1v) is 6.84. The number of fused-ring (bicyclic) bond motifs is 1. The van der Waals surface area contributed by atoms with Gasteiger partial charge in [-0.05, 0) is 45.1 Å². The summed E-state index contributed by atoms with van der Waals surface area (Å²) in [6.45, 7) is 5.23. The highest BCUT2D eigenvalue weighted by Gasteiger charge is 2.17. The second kappa shape index (κ2) is 4.60.